The van der Waals surface area contributed by atoms with Gasteiger partial charge in [0.25, 0.3) is 5.91 Å². The smallest absolute Gasteiger partial charge is 0.290 e. The number of furan rings is 1. The maximum atomic E-state index is 13.7. The molecule has 7 nitrogen and oxygen atoms in total. The molecule has 5 rings (SSSR count). The number of hydrogen-bond donors (Lipinski definition) is 0. The molecule has 1 fully saturated rings. The summed E-state index contributed by atoms with van der Waals surface area (Å²) in [6.45, 7) is 11.8. The number of piperazine rings is 1. The molecule has 0 atom stereocenters. The van der Waals surface area contributed by atoms with Crippen LogP contribution in [0.4, 0.5) is 10.3 Å². The first-order valence-corrected chi connectivity index (χ1v) is 12.6. The quantitative estimate of drug-likeness (QED) is 0.323. The van der Waals surface area contributed by atoms with E-state index in [4.69, 9.17) is 21.0 Å². The highest BCUT2D eigenvalue weighted by Crippen LogP contribution is 2.36. The topological polar surface area (TPSA) is 75.4 Å². The van der Waals surface area contributed by atoms with Crippen molar-refractivity contribution in [2.45, 2.75) is 45.6 Å². The number of fused-ring (bicyclic) bond motifs is 1. The fourth-order valence-electron chi connectivity index (χ4n) is 4.76. The van der Waals surface area contributed by atoms with Crippen molar-refractivity contribution in [1.82, 2.24) is 19.9 Å². The Labute approximate surface area is 220 Å². The minimum Gasteiger partial charge on any atom is -0.449 e. The van der Waals surface area contributed by atoms with Gasteiger partial charge in [-0.1, -0.05) is 44.5 Å². The van der Waals surface area contributed by atoms with Gasteiger partial charge in [0.05, 0.1) is 23.6 Å². The number of pyridine rings is 1. The van der Waals surface area contributed by atoms with Gasteiger partial charge < -0.3 is 14.2 Å². The first-order valence-electron chi connectivity index (χ1n) is 12.2. The molecule has 0 radical (unpaired) electrons. The third-order valence-corrected chi connectivity index (χ3v) is 6.93. The molecule has 0 bridgehead atoms. The van der Waals surface area contributed by atoms with Crippen molar-refractivity contribution in [3.63, 3.8) is 0 Å². The number of rotatable bonds is 3. The van der Waals surface area contributed by atoms with E-state index >= 15 is 0 Å². The molecule has 4 heterocycles. The van der Waals surface area contributed by atoms with Crippen molar-refractivity contribution in [3.8, 4) is 11.3 Å². The number of hydrogen-bond acceptors (Lipinski definition) is 6. The summed E-state index contributed by atoms with van der Waals surface area (Å²) in [4.78, 5) is 30.5. The zero-order valence-electron chi connectivity index (χ0n) is 21.5. The molecule has 0 unspecified atom stereocenters. The first-order chi connectivity index (χ1) is 17.4. The number of aromatic nitrogens is 3. The fourth-order valence-corrected chi connectivity index (χ4v) is 4.88. The van der Waals surface area contributed by atoms with Crippen molar-refractivity contribution in [2.24, 2.45) is 0 Å². The molecule has 1 amide bonds. The molecule has 4 aromatic rings. The molecule has 0 N–H and O–H groups in total. The zero-order chi connectivity index (χ0) is 26.5. The first kappa shape index (κ1) is 25.1. The summed E-state index contributed by atoms with van der Waals surface area (Å²) in [6.07, 6.45) is 2.30. The van der Waals surface area contributed by atoms with Crippen LogP contribution < -0.4 is 4.90 Å². The summed E-state index contributed by atoms with van der Waals surface area (Å²) in [5, 5.41) is 0.658. The third kappa shape index (κ3) is 4.90. The maximum Gasteiger partial charge on any atom is 0.290 e. The van der Waals surface area contributed by atoms with Crippen molar-refractivity contribution >= 4 is 34.6 Å². The molecule has 1 aliphatic heterocycles. The lowest BCUT2D eigenvalue weighted by molar-refractivity contribution is 0.0482. The van der Waals surface area contributed by atoms with Crippen molar-refractivity contribution in [3.05, 3.63) is 71.0 Å². The fraction of sp³-hybridized carbons (Fsp3) is 0.357. The second-order valence-electron chi connectivity index (χ2n) is 11.0. The van der Waals surface area contributed by atoms with Gasteiger partial charge >= 0.3 is 0 Å². The Hall–Kier alpha value is -3.52. The average Bonchev–Trinajstić information content (AvgIpc) is 3.27. The lowest BCUT2D eigenvalue weighted by Gasteiger charge is -2.46. The molecule has 192 valence electrons. The summed E-state index contributed by atoms with van der Waals surface area (Å²) in [5.41, 5.74) is 3.18. The van der Waals surface area contributed by atoms with Gasteiger partial charge in [-0.25, -0.2) is 19.3 Å². The largest absolute Gasteiger partial charge is 0.449 e. The van der Waals surface area contributed by atoms with E-state index in [1.54, 1.807) is 6.07 Å². The Kier molecular flexibility index (Phi) is 6.18. The van der Waals surface area contributed by atoms with Gasteiger partial charge in [0.1, 0.15) is 5.52 Å². The van der Waals surface area contributed by atoms with Crippen LogP contribution in [0.2, 0.25) is 5.02 Å². The molecule has 0 spiro atoms. The second-order valence-corrected chi connectivity index (χ2v) is 11.5. The number of carbonyl (C=O) groups is 1. The molecule has 0 saturated carbocycles. The Bertz CT molecular complexity index is 1460. The number of amides is 1. The minimum atomic E-state index is -0.541. The minimum absolute atomic E-state index is 0.199. The summed E-state index contributed by atoms with van der Waals surface area (Å²) in [5.74, 6) is 0.0135. The predicted octanol–water partition coefficient (Wildman–Crippen LogP) is 6.12. The molecule has 9 heteroatoms. The Morgan fingerprint density at radius 1 is 1.08 bits per heavy atom. The highest BCUT2D eigenvalue weighted by atomic mass is 35.5. The predicted molar refractivity (Wildman–Crippen MR) is 142 cm³/mol. The van der Waals surface area contributed by atoms with Crippen LogP contribution in [0.25, 0.3) is 22.4 Å². The monoisotopic (exact) mass is 521 g/mol. The molecule has 1 aliphatic rings. The van der Waals surface area contributed by atoms with E-state index in [-0.39, 0.29) is 17.1 Å². The highest BCUT2D eigenvalue weighted by molar-refractivity contribution is 6.30. The Morgan fingerprint density at radius 3 is 2.38 bits per heavy atom. The normalized spacial score (nSPS) is 15.9. The second kappa shape index (κ2) is 9.10. The van der Waals surface area contributed by atoms with Crippen LogP contribution in [0.3, 0.4) is 0 Å². The van der Waals surface area contributed by atoms with E-state index in [2.05, 4.69) is 30.7 Å². The van der Waals surface area contributed by atoms with Gasteiger partial charge in [-0.05, 0) is 37.5 Å². The highest BCUT2D eigenvalue weighted by Gasteiger charge is 2.39. The SMILES string of the molecule is CC(C)(C)c1cc(-c2ccc(Cl)cc2)nc2cc(C(=O)N3CCN(c4ncc(F)cn4)CC3(C)C)oc12. The number of benzene rings is 1. The number of halogens is 2. The van der Waals surface area contributed by atoms with Crippen molar-refractivity contribution in [2.75, 3.05) is 24.5 Å². The lowest BCUT2D eigenvalue weighted by atomic mass is 9.86. The van der Waals surface area contributed by atoms with E-state index in [1.807, 2.05) is 54.0 Å². The number of nitrogens with zero attached hydrogens (tertiary/aromatic N) is 5. The maximum absolute atomic E-state index is 13.7. The molecule has 0 aliphatic carbocycles. The summed E-state index contributed by atoms with van der Waals surface area (Å²) < 4.78 is 19.5. The molecule has 1 aromatic carbocycles. The van der Waals surface area contributed by atoms with E-state index < -0.39 is 11.4 Å². The van der Waals surface area contributed by atoms with Gasteiger partial charge in [0, 0.05) is 41.9 Å². The van der Waals surface area contributed by atoms with E-state index in [1.165, 1.54) is 0 Å². The molecular formula is C28H29ClFN5O2. The lowest BCUT2D eigenvalue weighted by Crippen LogP contribution is -2.61. The van der Waals surface area contributed by atoms with Crippen LogP contribution in [0.5, 0.6) is 0 Å². The van der Waals surface area contributed by atoms with Gasteiger partial charge in [-0.3, -0.25) is 4.79 Å². The van der Waals surface area contributed by atoms with Crippen LogP contribution in [0.15, 0.2) is 53.2 Å². The summed E-state index contributed by atoms with van der Waals surface area (Å²) in [7, 11) is 0. The summed E-state index contributed by atoms with van der Waals surface area (Å²) >= 11 is 6.08. The van der Waals surface area contributed by atoms with Crippen LogP contribution in [-0.2, 0) is 5.41 Å². The van der Waals surface area contributed by atoms with E-state index in [0.29, 0.717) is 41.7 Å². The van der Waals surface area contributed by atoms with Gasteiger partial charge in [-0.2, -0.15) is 0 Å². The molecule has 3 aromatic heterocycles. The van der Waals surface area contributed by atoms with Gasteiger partial charge in [0.15, 0.2) is 17.2 Å². The summed E-state index contributed by atoms with van der Waals surface area (Å²) in [6, 6.07) is 11.3. The van der Waals surface area contributed by atoms with Crippen LogP contribution in [0, 0.1) is 5.82 Å². The Morgan fingerprint density at radius 2 is 1.76 bits per heavy atom. The zero-order valence-corrected chi connectivity index (χ0v) is 22.3. The number of carbonyl (C=O) groups excluding carboxylic acids is 1. The third-order valence-electron chi connectivity index (χ3n) is 6.67. The van der Waals surface area contributed by atoms with Crippen LogP contribution >= 0.6 is 11.6 Å². The standard InChI is InChI=1S/C28H29ClFN5O2/c1-27(2,3)20-12-21(17-6-8-18(29)9-7-17)33-22-13-23(37-24(20)22)25(36)35-11-10-34(16-28(35,4)5)26-31-14-19(30)15-32-26/h6-9,12-15H,10-11,16H2,1-5H3. The van der Waals surface area contributed by atoms with Crippen LogP contribution in [0.1, 0.15) is 50.7 Å². The van der Waals surface area contributed by atoms with E-state index in [0.717, 1.165) is 29.2 Å². The van der Waals surface area contributed by atoms with Gasteiger partial charge in [0.2, 0.25) is 5.95 Å². The molecular weight excluding hydrogens is 493 g/mol. The van der Waals surface area contributed by atoms with Gasteiger partial charge in [-0.15, -0.1) is 0 Å². The van der Waals surface area contributed by atoms with E-state index in [9.17, 15) is 9.18 Å². The van der Waals surface area contributed by atoms with Crippen molar-refractivity contribution < 1.29 is 13.6 Å². The van der Waals surface area contributed by atoms with Crippen molar-refractivity contribution in [1.29, 1.82) is 0 Å². The molecule has 1 saturated heterocycles. The average molecular weight is 522 g/mol. The molecule has 37 heavy (non-hydrogen) atoms. The van der Waals surface area contributed by atoms with Crippen LogP contribution in [-0.4, -0.2) is 50.9 Å². The number of anilines is 1. The Balaban J connectivity index is 1.48.